The fraction of sp³-hybridized carbons (Fsp3) is 0.438. The molecule has 3 rings (SSSR count). The number of thioether (sulfide) groups is 1. The van der Waals surface area contributed by atoms with Crippen LogP contribution in [0.25, 0.3) is 0 Å². The zero-order chi connectivity index (χ0) is 20.1. The molecule has 0 saturated heterocycles. The number of rotatable bonds is 9. The fourth-order valence-corrected chi connectivity index (χ4v) is 3.34. The minimum absolute atomic E-state index is 0.0852. The molecular formula is C16H19N7O4S. The van der Waals surface area contributed by atoms with Gasteiger partial charge in [-0.15, -0.1) is 0 Å². The number of nitrogens with zero attached hydrogens (tertiary/aromatic N) is 6. The van der Waals surface area contributed by atoms with Gasteiger partial charge in [-0.1, -0.05) is 34.2 Å². The quantitative estimate of drug-likeness (QED) is 0.520. The minimum atomic E-state index is -0.519. The maximum Gasteiger partial charge on any atom is 0.293 e. The van der Waals surface area contributed by atoms with Gasteiger partial charge in [0.05, 0.1) is 18.3 Å². The van der Waals surface area contributed by atoms with Gasteiger partial charge in [0.25, 0.3) is 10.8 Å². The third-order valence-corrected chi connectivity index (χ3v) is 4.79. The van der Waals surface area contributed by atoms with Crippen LogP contribution >= 0.6 is 11.8 Å². The van der Waals surface area contributed by atoms with Gasteiger partial charge in [0.15, 0.2) is 17.4 Å². The van der Waals surface area contributed by atoms with E-state index < -0.39 is 6.04 Å². The van der Waals surface area contributed by atoms with Gasteiger partial charge in [-0.25, -0.2) is 9.61 Å². The van der Waals surface area contributed by atoms with Crippen molar-refractivity contribution < 1.29 is 13.9 Å². The molecule has 1 N–H and O–H groups in total. The van der Waals surface area contributed by atoms with Crippen LogP contribution in [0.5, 0.6) is 0 Å². The molecule has 0 saturated carbocycles. The van der Waals surface area contributed by atoms with E-state index in [0.717, 1.165) is 0 Å². The zero-order valence-electron chi connectivity index (χ0n) is 15.6. The molecule has 0 aliphatic rings. The van der Waals surface area contributed by atoms with Gasteiger partial charge >= 0.3 is 0 Å². The lowest BCUT2D eigenvalue weighted by Crippen LogP contribution is -2.30. The van der Waals surface area contributed by atoms with E-state index in [0.29, 0.717) is 34.6 Å². The molecule has 0 amide bonds. The largest absolute Gasteiger partial charge is 0.360 e. The van der Waals surface area contributed by atoms with Crippen LogP contribution in [0.1, 0.15) is 43.5 Å². The lowest BCUT2D eigenvalue weighted by Gasteiger charge is -2.15. The van der Waals surface area contributed by atoms with E-state index in [1.54, 1.807) is 6.92 Å². The molecule has 148 valence electrons. The Balaban J connectivity index is 1.69. The molecule has 12 heteroatoms. The molecule has 0 spiro atoms. The van der Waals surface area contributed by atoms with E-state index in [-0.39, 0.29) is 23.7 Å². The molecule has 0 aliphatic heterocycles. The van der Waals surface area contributed by atoms with E-state index in [1.165, 1.54) is 35.6 Å². The summed E-state index contributed by atoms with van der Waals surface area (Å²) in [7, 11) is 0. The number of carbonyl (C=O) groups excluding carboxylic acids is 1. The number of aryl methyl sites for hydroxylation is 1. The first-order valence-electron chi connectivity index (χ1n) is 8.54. The molecule has 0 radical (unpaired) electrons. The molecule has 3 aromatic rings. The Labute approximate surface area is 163 Å². The van der Waals surface area contributed by atoms with Crippen LogP contribution in [-0.4, -0.2) is 35.8 Å². The van der Waals surface area contributed by atoms with E-state index >= 15 is 0 Å². The topological polar surface area (TPSA) is 142 Å². The van der Waals surface area contributed by atoms with E-state index in [2.05, 4.69) is 30.8 Å². The second kappa shape index (κ2) is 8.78. The van der Waals surface area contributed by atoms with Crippen molar-refractivity contribution in [2.75, 3.05) is 5.32 Å². The summed E-state index contributed by atoms with van der Waals surface area (Å²) in [6, 6.07) is -0.519. The fourth-order valence-electron chi connectivity index (χ4n) is 2.57. The Morgan fingerprint density at radius 2 is 2.11 bits per heavy atom. The predicted molar refractivity (Wildman–Crippen MR) is 98.7 cm³/mol. The second-order valence-electron chi connectivity index (χ2n) is 5.93. The van der Waals surface area contributed by atoms with Gasteiger partial charge in [-0.3, -0.25) is 9.59 Å². The highest BCUT2D eigenvalue weighted by Crippen LogP contribution is 2.21. The molecule has 0 bridgehead atoms. The molecule has 28 heavy (non-hydrogen) atoms. The molecule has 3 aromatic heterocycles. The highest BCUT2D eigenvalue weighted by molar-refractivity contribution is 7.98. The van der Waals surface area contributed by atoms with Crippen molar-refractivity contribution in [2.24, 2.45) is 0 Å². The van der Waals surface area contributed by atoms with Crippen molar-refractivity contribution in [2.45, 2.75) is 50.8 Å². The number of Topliss-reactive ketones (excluding diaryl/α,β-unsaturated/α-hetero) is 1. The average Bonchev–Trinajstić information content (AvgIpc) is 3.29. The summed E-state index contributed by atoms with van der Waals surface area (Å²) in [4.78, 5) is 32.6. The van der Waals surface area contributed by atoms with Crippen LogP contribution in [0.3, 0.4) is 0 Å². The van der Waals surface area contributed by atoms with E-state index in [1.807, 2.05) is 6.92 Å². The number of anilines is 1. The summed E-state index contributed by atoms with van der Waals surface area (Å²) in [5, 5.41) is 14.8. The molecular weight excluding hydrogens is 386 g/mol. The lowest BCUT2D eigenvalue weighted by atomic mass is 10.1. The Kier molecular flexibility index (Phi) is 6.19. The number of aromatic nitrogens is 6. The summed E-state index contributed by atoms with van der Waals surface area (Å²) in [6.45, 7) is 5.23. The number of carbonyl (C=O) groups is 1. The van der Waals surface area contributed by atoms with Crippen molar-refractivity contribution in [3.63, 3.8) is 0 Å². The first-order valence-corrected chi connectivity index (χ1v) is 9.53. The zero-order valence-corrected chi connectivity index (χ0v) is 16.4. The van der Waals surface area contributed by atoms with Crippen LogP contribution in [0.2, 0.25) is 0 Å². The maximum absolute atomic E-state index is 12.6. The van der Waals surface area contributed by atoms with Crippen molar-refractivity contribution in [3.8, 4) is 0 Å². The summed E-state index contributed by atoms with van der Waals surface area (Å²) < 4.78 is 11.2. The number of hydrogen-bond acceptors (Lipinski definition) is 11. The Bertz CT molecular complexity index is 1010. The van der Waals surface area contributed by atoms with Gasteiger partial charge in [-0.2, -0.15) is 4.98 Å². The van der Waals surface area contributed by atoms with Crippen molar-refractivity contribution in [3.05, 3.63) is 40.0 Å². The highest BCUT2D eigenvalue weighted by atomic mass is 32.2. The normalized spacial score (nSPS) is 12.1. The number of nitrogens with one attached hydrogen (secondary N) is 1. The molecule has 1 unspecified atom stereocenters. The van der Waals surface area contributed by atoms with Crippen LogP contribution in [-0.2, 0) is 17.1 Å². The standard InChI is InChI=1S/C16H19N7O4S/c1-4-13(9(2)24)23-6-5-17-14(15(23)25)18-7-11-12(22-27-21-11)8-28-16-19-10(3)20-26-16/h5-6,13H,4,7-8H2,1-3H3,(H,17,18). The average molecular weight is 405 g/mol. The molecule has 3 heterocycles. The molecule has 11 nitrogen and oxygen atoms in total. The Hall–Kier alpha value is -3.02. The van der Waals surface area contributed by atoms with Crippen molar-refractivity contribution >= 4 is 23.4 Å². The number of ketones is 1. The minimum Gasteiger partial charge on any atom is -0.360 e. The van der Waals surface area contributed by atoms with Gasteiger partial charge in [0.2, 0.25) is 0 Å². The van der Waals surface area contributed by atoms with Crippen molar-refractivity contribution in [1.82, 2.24) is 30.0 Å². The molecule has 0 aliphatic carbocycles. The van der Waals surface area contributed by atoms with Crippen LogP contribution in [0.15, 0.2) is 31.6 Å². The molecule has 0 aromatic carbocycles. The van der Waals surface area contributed by atoms with E-state index in [4.69, 9.17) is 9.15 Å². The number of hydrogen-bond donors (Lipinski definition) is 1. The summed E-state index contributed by atoms with van der Waals surface area (Å²) >= 11 is 1.30. The van der Waals surface area contributed by atoms with Gasteiger partial charge in [0.1, 0.15) is 11.4 Å². The lowest BCUT2D eigenvalue weighted by molar-refractivity contribution is -0.120. The monoisotopic (exact) mass is 405 g/mol. The van der Waals surface area contributed by atoms with Crippen LogP contribution in [0.4, 0.5) is 5.82 Å². The third kappa shape index (κ3) is 4.44. The second-order valence-corrected chi connectivity index (χ2v) is 6.86. The van der Waals surface area contributed by atoms with Gasteiger partial charge < -0.3 is 14.4 Å². The first-order chi connectivity index (χ1) is 13.5. The maximum atomic E-state index is 12.6. The smallest absolute Gasteiger partial charge is 0.293 e. The van der Waals surface area contributed by atoms with E-state index in [9.17, 15) is 9.59 Å². The van der Waals surface area contributed by atoms with Crippen LogP contribution < -0.4 is 10.9 Å². The SMILES string of the molecule is CCC(C(C)=O)n1ccnc(NCc2nonc2CSc2nc(C)no2)c1=O. The third-order valence-electron chi connectivity index (χ3n) is 3.96. The summed E-state index contributed by atoms with van der Waals surface area (Å²) in [5.74, 6) is 0.996. The van der Waals surface area contributed by atoms with Crippen molar-refractivity contribution in [1.29, 1.82) is 0 Å². The Morgan fingerprint density at radius 3 is 2.79 bits per heavy atom. The predicted octanol–water partition coefficient (Wildman–Crippen LogP) is 1.76. The highest BCUT2D eigenvalue weighted by Gasteiger charge is 2.18. The van der Waals surface area contributed by atoms with Crippen LogP contribution in [0, 0.1) is 6.92 Å². The Morgan fingerprint density at radius 1 is 1.32 bits per heavy atom. The van der Waals surface area contributed by atoms with Gasteiger partial charge in [0, 0.05) is 12.4 Å². The molecule has 0 fully saturated rings. The first kappa shape index (κ1) is 19.7. The molecule has 1 atom stereocenters. The van der Waals surface area contributed by atoms with Gasteiger partial charge in [-0.05, 0) is 20.3 Å². The summed E-state index contributed by atoms with van der Waals surface area (Å²) in [5.41, 5.74) is 0.733. The summed E-state index contributed by atoms with van der Waals surface area (Å²) in [6.07, 6.45) is 3.50.